The van der Waals surface area contributed by atoms with Gasteiger partial charge in [-0.15, -0.1) is 0 Å². The number of nitrogens with one attached hydrogen (secondary N) is 2. The van der Waals surface area contributed by atoms with Crippen molar-refractivity contribution in [3.8, 4) is 5.69 Å². The van der Waals surface area contributed by atoms with Crippen molar-refractivity contribution in [2.75, 3.05) is 11.9 Å². The average molecular weight is 603 g/mol. The summed E-state index contributed by atoms with van der Waals surface area (Å²) in [5.74, 6) is -0.0353. The largest absolute Gasteiger partial charge is 0.352 e. The molecule has 2 N–H and O–H groups in total. The van der Waals surface area contributed by atoms with Crippen LogP contribution in [-0.4, -0.2) is 32.0 Å². The molecule has 4 aromatic rings. The Balaban J connectivity index is 1.46. The lowest BCUT2D eigenvalue weighted by Crippen LogP contribution is -2.33. The quantitative estimate of drug-likeness (QED) is 0.226. The number of halogens is 1. The zero-order valence-electron chi connectivity index (χ0n) is 22.5. The van der Waals surface area contributed by atoms with Crippen LogP contribution in [0.25, 0.3) is 5.69 Å². The summed E-state index contributed by atoms with van der Waals surface area (Å²) >= 11 is 9.39. The maximum absolute atomic E-state index is 13.0. The van der Waals surface area contributed by atoms with Crippen LogP contribution < -0.4 is 10.6 Å². The Kier molecular flexibility index (Phi) is 7.86. The molecule has 1 fully saturated rings. The number of carbonyl (C=O) groups is 1. The summed E-state index contributed by atoms with van der Waals surface area (Å²) in [5.41, 5.74) is 8.45. The number of pyridine rings is 1. The van der Waals surface area contributed by atoms with Crippen molar-refractivity contribution in [1.82, 2.24) is 19.8 Å². The molecule has 0 bridgehead atoms. The zero-order chi connectivity index (χ0) is 27.7. The fourth-order valence-corrected chi connectivity index (χ4v) is 5.96. The van der Waals surface area contributed by atoms with Gasteiger partial charge in [0.1, 0.15) is 0 Å². The zero-order valence-corrected chi connectivity index (χ0v) is 24.9. The predicted octanol–water partition coefficient (Wildman–Crippen LogP) is 6.87. The molecule has 2 aromatic heterocycles. The second-order valence-corrected chi connectivity index (χ2v) is 11.4. The molecule has 200 valence electrons. The normalized spacial score (nSPS) is 16.8. The molecule has 8 heteroatoms. The maximum atomic E-state index is 13.0. The number of hydrogen-bond donors (Lipinski definition) is 2. The molecule has 0 spiro atoms. The summed E-state index contributed by atoms with van der Waals surface area (Å²) in [6.07, 6.45) is 2.12. The highest BCUT2D eigenvalue weighted by molar-refractivity contribution is 9.10. The van der Waals surface area contributed by atoms with E-state index in [9.17, 15) is 4.79 Å². The van der Waals surface area contributed by atoms with E-state index in [1.165, 1.54) is 0 Å². The van der Waals surface area contributed by atoms with Crippen molar-refractivity contribution in [2.24, 2.45) is 0 Å². The van der Waals surface area contributed by atoms with Gasteiger partial charge in [-0.05, 0) is 105 Å². The first-order valence-corrected chi connectivity index (χ1v) is 14.2. The van der Waals surface area contributed by atoms with Gasteiger partial charge in [-0.25, -0.2) is 0 Å². The topological polar surface area (TPSA) is 62.2 Å². The molecule has 39 heavy (non-hydrogen) atoms. The summed E-state index contributed by atoms with van der Waals surface area (Å²) in [5, 5.41) is 7.23. The second-order valence-electron chi connectivity index (χ2n) is 10.1. The summed E-state index contributed by atoms with van der Waals surface area (Å²) in [6.45, 7) is 8.78. The Morgan fingerprint density at radius 3 is 2.54 bits per heavy atom. The Morgan fingerprint density at radius 2 is 1.82 bits per heavy atom. The smallest absolute Gasteiger partial charge is 0.226 e. The van der Waals surface area contributed by atoms with Crippen molar-refractivity contribution < 1.29 is 4.79 Å². The number of hydrogen-bond acceptors (Lipinski definition) is 3. The highest BCUT2D eigenvalue weighted by Crippen LogP contribution is 2.41. The van der Waals surface area contributed by atoms with Gasteiger partial charge in [-0.2, -0.15) is 0 Å². The van der Waals surface area contributed by atoms with Crippen LogP contribution >= 0.6 is 28.1 Å². The molecule has 1 aliphatic heterocycles. The average Bonchev–Trinajstić information content (AvgIpc) is 3.40. The molecule has 0 unspecified atom stereocenters. The standard InChI is InChI=1S/C31H32BrN5OS/c1-19-8-9-20(2)27(17-19)34-28(38)14-16-36-30(29(35-31(36)39)26-7-5-6-15-33-26)25-18-21(3)37(22(25)4)24-12-10-23(32)11-13-24/h5-13,15,17-18,29-30H,14,16H2,1-4H3,(H,34,38)(H,35,39)/t29-,30+/m1/s1. The van der Waals surface area contributed by atoms with Crippen LogP contribution in [0.5, 0.6) is 0 Å². The number of anilines is 1. The van der Waals surface area contributed by atoms with Crippen LogP contribution in [0.2, 0.25) is 0 Å². The molecular weight excluding hydrogens is 570 g/mol. The van der Waals surface area contributed by atoms with Crippen molar-refractivity contribution in [3.05, 3.63) is 111 Å². The SMILES string of the molecule is Cc1ccc(C)c(NC(=O)CCN2C(=S)N[C@H](c3ccccn3)[C@@H]2c2cc(C)n(-c3ccc(Br)cc3)c2C)c1. The monoisotopic (exact) mass is 601 g/mol. The first-order chi connectivity index (χ1) is 18.7. The molecule has 3 heterocycles. The first-order valence-electron chi connectivity index (χ1n) is 13.0. The summed E-state index contributed by atoms with van der Waals surface area (Å²) in [4.78, 5) is 19.9. The third-order valence-electron chi connectivity index (χ3n) is 7.32. The summed E-state index contributed by atoms with van der Waals surface area (Å²) < 4.78 is 3.31. The van der Waals surface area contributed by atoms with Gasteiger partial charge >= 0.3 is 0 Å². The molecule has 0 aliphatic carbocycles. The molecule has 5 rings (SSSR count). The number of nitrogens with zero attached hydrogens (tertiary/aromatic N) is 3. The van der Waals surface area contributed by atoms with Crippen LogP contribution in [0, 0.1) is 27.7 Å². The van der Waals surface area contributed by atoms with Crippen molar-refractivity contribution in [3.63, 3.8) is 0 Å². The van der Waals surface area contributed by atoms with Crippen LogP contribution in [0.3, 0.4) is 0 Å². The lowest BCUT2D eigenvalue weighted by Gasteiger charge is -2.28. The number of aryl methyl sites for hydroxylation is 3. The summed E-state index contributed by atoms with van der Waals surface area (Å²) in [7, 11) is 0. The van der Waals surface area contributed by atoms with Gasteiger partial charge in [-0.1, -0.05) is 34.1 Å². The number of rotatable bonds is 7. The van der Waals surface area contributed by atoms with Crippen LogP contribution in [0.15, 0.2) is 77.4 Å². The van der Waals surface area contributed by atoms with E-state index in [1.54, 1.807) is 0 Å². The molecule has 6 nitrogen and oxygen atoms in total. The molecular formula is C31H32BrN5OS. The van der Waals surface area contributed by atoms with Gasteiger partial charge in [0, 0.05) is 46.4 Å². The van der Waals surface area contributed by atoms with Crippen molar-refractivity contribution in [2.45, 2.75) is 46.2 Å². The molecule has 2 aromatic carbocycles. The molecule has 0 radical (unpaired) electrons. The highest BCUT2D eigenvalue weighted by Gasteiger charge is 2.41. The van der Waals surface area contributed by atoms with E-state index in [2.05, 4.69) is 85.2 Å². The fourth-order valence-electron chi connectivity index (χ4n) is 5.36. The predicted molar refractivity (Wildman–Crippen MR) is 164 cm³/mol. The third-order valence-corrected chi connectivity index (χ3v) is 8.20. The van der Waals surface area contributed by atoms with Gasteiger partial charge in [0.25, 0.3) is 0 Å². The molecule has 1 saturated heterocycles. The second kappa shape index (κ2) is 11.3. The highest BCUT2D eigenvalue weighted by atomic mass is 79.9. The van der Waals surface area contributed by atoms with Crippen LogP contribution in [-0.2, 0) is 4.79 Å². The summed E-state index contributed by atoms with van der Waals surface area (Å²) in [6, 6.07) is 22.3. The van der Waals surface area contributed by atoms with Gasteiger partial charge < -0.3 is 20.1 Å². The van der Waals surface area contributed by atoms with Gasteiger partial charge in [0.15, 0.2) is 5.11 Å². The minimum absolute atomic E-state index is 0.0353. The van der Waals surface area contributed by atoms with Crippen molar-refractivity contribution >= 4 is 44.9 Å². The minimum Gasteiger partial charge on any atom is -0.352 e. The number of aromatic nitrogens is 2. The van der Waals surface area contributed by atoms with Gasteiger partial charge in [-0.3, -0.25) is 9.78 Å². The van der Waals surface area contributed by atoms with E-state index < -0.39 is 0 Å². The lowest BCUT2D eigenvalue weighted by atomic mass is 9.96. The van der Waals surface area contributed by atoms with Gasteiger partial charge in [0.2, 0.25) is 5.91 Å². The minimum atomic E-state index is -0.139. The fraction of sp³-hybridized carbons (Fsp3) is 0.258. The number of amides is 1. The van der Waals surface area contributed by atoms with E-state index in [-0.39, 0.29) is 18.0 Å². The van der Waals surface area contributed by atoms with Gasteiger partial charge in [0.05, 0.1) is 17.8 Å². The number of benzene rings is 2. The molecule has 1 amide bonds. The van der Waals surface area contributed by atoms with Crippen LogP contribution in [0.4, 0.5) is 5.69 Å². The number of carbonyl (C=O) groups excluding carboxylic acids is 1. The van der Waals surface area contributed by atoms with E-state index in [4.69, 9.17) is 12.2 Å². The molecule has 2 atom stereocenters. The molecule has 1 aliphatic rings. The number of thiocarbonyl (C=S) groups is 1. The third kappa shape index (κ3) is 5.63. The van der Waals surface area contributed by atoms with E-state index in [0.29, 0.717) is 18.1 Å². The maximum Gasteiger partial charge on any atom is 0.226 e. The van der Waals surface area contributed by atoms with Crippen LogP contribution in [0.1, 0.15) is 52.3 Å². The molecule has 0 saturated carbocycles. The lowest BCUT2D eigenvalue weighted by molar-refractivity contribution is -0.116. The van der Waals surface area contributed by atoms with E-state index in [1.807, 2.05) is 56.4 Å². The van der Waals surface area contributed by atoms with Crippen molar-refractivity contribution in [1.29, 1.82) is 0 Å². The Hall–Kier alpha value is -3.49. The first kappa shape index (κ1) is 27.1. The Labute approximate surface area is 243 Å². The Morgan fingerprint density at radius 1 is 1.05 bits per heavy atom. The van der Waals surface area contributed by atoms with E-state index in [0.717, 1.165) is 49.6 Å². The Bertz CT molecular complexity index is 1520. The van der Waals surface area contributed by atoms with E-state index >= 15 is 0 Å².